The maximum absolute atomic E-state index is 13.3. The second-order valence-corrected chi connectivity index (χ2v) is 4.33. The Labute approximate surface area is 105 Å². The monoisotopic (exact) mass is 250 g/mol. The average molecular weight is 250 g/mol. The minimum absolute atomic E-state index is 0.0490. The van der Waals surface area contributed by atoms with Crippen molar-refractivity contribution in [1.82, 2.24) is 10.6 Å². The van der Waals surface area contributed by atoms with E-state index >= 15 is 0 Å². The van der Waals surface area contributed by atoms with Gasteiger partial charge in [0, 0.05) is 19.0 Å². The number of hydrogen-bond acceptors (Lipinski definition) is 2. The zero-order valence-electron chi connectivity index (χ0n) is 9.91. The molecule has 0 saturated carbocycles. The maximum Gasteiger partial charge on any atom is 0.254 e. The molecule has 4 nitrogen and oxygen atoms in total. The van der Waals surface area contributed by atoms with Gasteiger partial charge in [0.2, 0.25) is 5.91 Å². The zero-order valence-corrected chi connectivity index (χ0v) is 9.91. The average Bonchev–Trinajstić information content (AvgIpc) is 2.75. The van der Waals surface area contributed by atoms with Crippen molar-refractivity contribution in [3.8, 4) is 0 Å². The van der Waals surface area contributed by atoms with Gasteiger partial charge in [-0.25, -0.2) is 4.39 Å². The van der Waals surface area contributed by atoms with Crippen LogP contribution in [-0.2, 0) is 4.79 Å². The lowest BCUT2D eigenvalue weighted by molar-refractivity contribution is -0.119. The first kappa shape index (κ1) is 12.5. The van der Waals surface area contributed by atoms with Crippen molar-refractivity contribution in [2.24, 2.45) is 0 Å². The molecule has 2 amide bonds. The van der Waals surface area contributed by atoms with E-state index in [1.54, 1.807) is 12.1 Å². The molecule has 0 radical (unpaired) electrons. The van der Waals surface area contributed by atoms with E-state index in [0.717, 1.165) is 6.42 Å². The number of hydrogen-bond donors (Lipinski definition) is 2. The van der Waals surface area contributed by atoms with Crippen LogP contribution in [0.5, 0.6) is 0 Å². The molecule has 5 heteroatoms. The fourth-order valence-electron chi connectivity index (χ4n) is 1.99. The van der Waals surface area contributed by atoms with Crippen molar-refractivity contribution in [3.05, 3.63) is 35.6 Å². The van der Waals surface area contributed by atoms with Gasteiger partial charge in [0.15, 0.2) is 0 Å². The molecule has 1 aliphatic heterocycles. The lowest BCUT2D eigenvalue weighted by Gasteiger charge is -2.10. The molecular weight excluding hydrogens is 235 g/mol. The predicted molar refractivity (Wildman–Crippen MR) is 64.5 cm³/mol. The fourth-order valence-corrected chi connectivity index (χ4v) is 1.99. The number of nitrogens with one attached hydrogen (secondary N) is 2. The van der Waals surface area contributed by atoms with Crippen LogP contribution in [0.15, 0.2) is 24.3 Å². The largest absolute Gasteiger partial charge is 0.353 e. The van der Waals surface area contributed by atoms with Gasteiger partial charge in [-0.2, -0.15) is 0 Å². The number of amides is 2. The van der Waals surface area contributed by atoms with Crippen LogP contribution in [0, 0.1) is 5.82 Å². The Balaban J connectivity index is 1.79. The summed E-state index contributed by atoms with van der Waals surface area (Å²) < 4.78 is 13.3. The first-order chi connectivity index (χ1) is 8.66. The van der Waals surface area contributed by atoms with Crippen molar-refractivity contribution >= 4 is 11.8 Å². The van der Waals surface area contributed by atoms with Gasteiger partial charge in [-0.3, -0.25) is 9.59 Å². The standard InChI is InChI=1S/C13H15FN2O2/c14-11-4-2-1-3-10(11)13(18)15-8-7-9-5-6-12(17)16-9/h1-4,9H,5-8H2,(H,15,18)(H,16,17)/t9-/m0/s1. The first-order valence-electron chi connectivity index (χ1n) is 5.99. The Bertz CT molecular complexity index is 462. The second-order valence-electron chi connectivity index (χ2n) is 4.33. The predicted octanol–water partition coefficient (Wildman–Crippen LogP) is 1.22. The molecule has 0 aliphatic carbocycles. The summed E-state index contributed by atoms with van der Waals surface area (Å²) in [5.74, 6) is -0.887. The van der Waals surface area contributed by atoms with Crippen LogP contribution in [0.2, 0.25) is 0 Å². The Morgan fingerprint density at radius 2 is 2.22 bits per heavy atom. The van der Waals surface area contributed by atoms with Gasteiger partial charge in [0.1, 0.15) is 5.82 Å². The highest BCUT2D eigenvalue weighted by molar-refractivity contribution is 5.94. The summed E-state index contributed by atoms with van der Waals surface area (Å²) in [5, 5.41) is 5.47. The second kappa shape index (κ2) is 5.62. The Kier molecular flexibility index (Phi) is 3.92. The molecule has 1 aromatic carbocycles. The lowest BCUT2D eigenvalue weighted by atomic mass is 10.1. The first-order valence-corrected chi connectivity index (χ1v) is 5.99. The number of benzene rings is 1. The molecule has 18 heavy (non-hydrogen) atoms. The third-order valence-electron chi connectivity index (χ3n) is 2.98. The number of carbonyl (C=O) groups excluding carboxylic acids is 2. The Morgan fingerprint density at radius 1 is 1.44 bits per heavy atom. The van der Waals surface area contributed by atoms with E-state index in [2.05, 4.69) is 10.6 Å². The third kappa shape index (κ3) is 3.06. The summed E-state index contributed by atoms with van der Waals surface area (Å²) in [6, 6.07) is 5.99. The molecular formula is C13H15FN2O2. The lowest BCUT2D eigenvalue weighted by Crippen LogP contribution is -2.32. The minimum atomic E-state index is -0.524. The van der Waals surface area contributed by atoms with Gasteiger partial charge in [-0.1, -0.05) is 12.1 Å². The molecule has 0 bridgehead atoms. The van der Waals surface area contributed by atoms with E-state index in [9.17, 15) is 14.0 Å². The molecule has 0 unspecified atom stereocenters. The molecule has 1 aromatic rings. The highest BCUT2D eigenvalue weighted by Crippen LogP contribution is 2.10. The van der Waals surface area contributed by atoms with Crippen LogP contribution in [0.3, 0.4) is 0 Å². The van der Waals surface area contributed by atoms with Crippen LogP contribution >= 0.6 is 0 Å². The summed E-state index contributed by atoms with van der Waals surface area (Å²) in [7, 11) is 0. The number of halogens is 1. The van der Waals surface area contributed by atoms with Gasteiger partial charge >= 0.3 is 0 Å². The summed E-state index contributed by atoms with van der Waals surface area (Å²) in [4.78, 5) is 22.6. The number of rotatable bonds is 4. The molecule has 1 aliphatic rings. The van der Waals surface area contributed by atoms with Gasteiger partial charge in [0.25, 0.3) is 5.91 Å². The van der Waals surface area contributed by atoms with Gasteiger partial charge in [-0.15, -0.1) is 0 Å². The van der Waals surface area contributed by atoms with E-state index in [1.807, 2.05) is 0 Å². The number of carbonyl (C=O) groups is 2. The van der Waals surface area contributed by atoms with Crippen LogP contribution in [-0.4, -0.2) is 24.4 Å². The topological polar surface area (TPSA) is 58.2 Å². The zero-order chi connectivity index (χ0) is 13.0. The van der Waals surface area contributed by atoms with Crippen molar-refractivity contribution in [3.63, 3.8) is 0 Å². The fraction of sp³-hybridized carbons (Fsp3) is 0.385. The van der Waals surface area contributed by atoms with E-state index in [1.165, 1.54) is 12.1 Å². The van der Waals surface area contributed by atoms with Gasteiger partial charge in [-0.05, 0) is 25.0 Å². The minimum Gasteiger partial charge on any atom is -0.353 e. The molecule has 1 atom stereocenters. The summed E-state index contributed by atoms with van der Waals surface area (Å²) >= 11 is 0. The molecule has 0 spiro atoms. The summed E-state index contributed by atoms with van der Waals surface area (Å²) in [5.41, 5.74) is 0.0490. The van der Waals surface area contributed by atoms with Gasteiger partial charge < -0.3 is 10.6 Å². The van der Waals surface area contributed by atoms with Crippen molar-refractivity contribution < 1.29 is 14.0 Å². The van der Waals surface area contributed by atoms with E-state index in [0.29, 0.717) is 19.4 Å². The molecule has 1 heterocycles. The van der Waals surface area contributed by atoms with Crippen molar-refractivity contribution in [2.45, 2.75) is 25.3 Å². The molecule has 96 valence electrons. The smallest absolute Gasteiger partial charge is 0.254 e. The summed E-state index contributed by atoms with van der Waals surface area (Å²) in [6.45, 7) is 0.429. The quantitative estimate of drug-likeness (QED) is 0.844. The SMILES string of the molecule is O=C1CC[C@@H](CCNC(=O)c2ccccc2F)N1. The molecule has 1 fully saturated rings. The van der Waals surface area contributed by atoms with Gasteiger partial charge in [0.05, 0.1) is 5.56 Å². The van der Waals surface area contributed by atoms with E-state index in [4.69, 9.17) is 0 Å². The Morgan fingerprint density at radius 3 is 2.89 bits per heavy atom. The molecule has 1 saturated heterocycles. The highest BCUT2D eigenvalue weighted by atomic mass is 19.1. The van der Waals surface area contributed by atoms with Crippen LogP contribution in [0.25, 0.3) is 0 Å². The normalized spacial score (nSPS) is 18.5. The van der Waals surface area contributed by atoms with E-state index < -0.39 is 11.7 Å². The maximum atomic E-state index is 13.3. The highest BCUT2D eigenvalue weighted by Gasteiger charge is 2.20. The van der Waals surface area contributed by atoms with Crippen molar-refractivity contribution in [2.75, 3.05) is 6.54 Å². The van der Waals surface area contributed by atoms with Crippen LogP contribution < -0.4 is 10.6 Å². The van der Waals surface area contributed by atoms with Crippen molar-refractivity contribution in [1.29, 1.82) is 0 Å². The molecule has 2 rings (SSSR count). The van der Waals surface area contributed by atoms with E-state index in [-0.39, 0.29) is 17.5 Å². The molecule has 0 aromatic heterocycles. The van der Waals surface area contributed by atoms with Crippen LogP contribution in [0.1, 0.15) is 29.6 Å². The molecule has 2 N–H and O–H groups in total. The third-order valence-corrected chi connectivity index (χ3v) is 2.98. The van der Waals surface area contributed by atoms with Crippen LogP contribution in [0.4, 0.5) is 4.39 Å². The summed E-state index contributed by atoms with van der Waals surface area (Å²) in [6.07, 6.45) is 2.02. The Hall–Kier alpha value is -1.91.